The molecule has 0 aliphatic rings. The second-order valence-electron chi connectivity index (χ2n) is 6.36. The summed E-state index contributed by atoms with van der Waals surface area (Å²) in [5.74, 6) is -0.667. The second-order valence-corrected chi connectivity index (χ2v) is 8.48. The molecule has 2 atom stereocenters. The molecule has 2 aromatic rings. The fourth-order valence-electron chi connectivity index (χ4n) is 2.70. The molecular formula is C19H20ClF3N2O3S. The molecule has 0 aliphatic carbocycles. The smallest absolute Gasteiger partial charge is 0.348 e. The van der Waals surface area contributed by atoms with Crippen LogP contribution in [0.25, 0.3) is 0 Å². The number of halogens is 4. The maximum absolute atomic E-state index is 13.1. The summed E-state index contributed by atoms with van der Waals surface area (Å²) in [7, 11) is -4.58. The van der Waals surface area contributed by atoms with E-state index < -0.39 is 44.6 Å². The molecule has 0 radical (unpaired) electrons. The van der Waals surface area contributed by atoms with Gasteiger partial charge in [0.05, 0.1) is 22.5 Å². The van der Waals surface area contributed by atoms with Gasteiger partial charge in [0.15, 0.2) is 0 Å². The van der Waals surface area contributed by atoms with Crippen LogP contribution in [0.5, 0.6) is 0 Å². The average molecular weight is 449 g/mol. The average Bonchev–Trinajstić information content (AvgIpc) is 2.65. The van der Waals surface area contributed by atoms with Crippen LogP contribution >= 0.6 is 11.6 Å². The highest BCUT2D eigenvalue weighted by molar-refractivity contribution is 7.89. The molecule has 0 bridgehead atoms. The van der Waals surface area contributed by atoms with Crippen LogP contribution in [-0.4, -0.2) is 20.4 Å². The topological polar surface area (TPSA) is 75.3 Å². The number of sulfonamides is 1. The molecule has 2 aromatic carbocycles. The Labute approximate surface area is 172 Å². The van der Waals surface area contributed by atoms with E-state index in [0.717, 1.165) is 17.7 Å². The Kier molecular flexibility index (Phi) is 7.31. The summed E-state index contributed by atoms with van der Waals surface area (Å²) < 4.78 is 66.3. The van der Waals surface area contributed by atoms with Crippen molar-refractivity contribution in [1.29, 1.82) is 0 Å². The zero-order valence-electron chi connectivity index (χ0n) is 15.6. The monoisotopic (exact) mass is 448 g/mol. The van der Waals surface area contributed by atoms with Crippen LogP contribution in [0.2, 0.25) is 5.02 Å². The lowest BCUT2D eigenvalue weighted by Crippen LogP contribution is -2.46. The maximum atomic E-state index is 13.1. The van der Waals surface area contributed by atoms with Gasteiger partial charge in [-0.05, 0) is 43.2 Å². The number of carbonyl (C=O) groups is 1. The number of nitrogens with one attached hydrogen (secondary N) is 2. The van der Waals surface area contributed by atoms with Crippen molar-refractivity contribution in [1.82, 2.24) is 10.0 Å². The summed E-state index contributed by atoms with van der Waals surface area (Å²) in [4.78, 5) is 11.5. The first-order valence-electron chi connectivity index (χ1n) is 8.70. The molecule has 0 aromatic heterocycles. The highest BCUT2D eigenvalue weighted by atomic mass is 35.5. The third kappa shape index (κ3) is 5.94. The van der Waals surface area contributed by atoms with Crippen molar-refractivity contribution in [2.45, 2.75) is 43.4 Å². The number of alkyl halides is 3. The van der Waals surface area contributed by atoms with Gasteiger partial charge in [0.1, 0.15) is 0 Å². The lowest BCUT2D eigenvalue weighted by Gasteiger charge is -2.21. The quantitative estimate of drug-likeness (QED) is 0.663. The van der Waals surface area contributed by atoms with Gasteiger partial charge in [-0.1, -0.05) is 42.8 Å². The van der Waals surface area contributed by atoms with Crippen molar-refractivity contribution >= 4 is 27.5 Å². The predicted octanol–water partition coefficient (Wildman–Crippen LogP) is 4.29. The Hall–Kier alpha value is -2.10. The van der Waals surface area contributed by atoms with E-state index in [-0.39, 0.29) is 0 Å². The Bertz CT molecular complexity index is 963. The highest BCUT2D eigenvalue weighted by Gasteiger charge is 2.37. The SMILES string of the molecule is CCC(NC(=O)[C@H](C)NS(=O)(=O)c1ccccc1C(F)(F)F)c1ccc(Cl)cc1. The summed E-state index contributed by atoms with van der Waals surface area (Å²) in [6, 6.07) is 8.87. The molecule has 158 valence electrons. The Morgan fingerprint density at radius 3 is 2.24 bits per heavy atom. The van der Waals surface area contributed by atoms with Gasteiger partial charge in [0.25, 0.3) is 0 Å². The van der Waals surface area contributed by atoms with Gasteiger partial charge < -0.3 is 5.32 Å². The first-order valence-corrected chi connectivity index (χ1v) is 10.6. The minimum atomic E-state index is -4.85. The van der Waals surface area contributed by atoms with E-state index in [1.54, 1.807) is 24.3 Å². The van der Waals surface area contributed by atoms with Crippen LogP contribution in [-0.2, 0) is 21.0 Å². The van der Waals surface area contributed by atoms with E-state index in [1.807, 2.05) is 11.6 Å². The summed E-state index contributed by atoms with van der Waals surface area (Å²) in [5, 5.41) is 3.22. The highest BCUT2D eigenvalue weighted by Crippen LogP contribution is 2.34. The number of amides is 1. The van der Waals surface area contributed by atoms with Gasteiger partial charge >= 0.3 is 6.18 Å². The zero-order valence-corrected chi connectivity index (χ0v) is 17.2. The van der Waals surface area contributed by atoms with Gasteiger partial charge in [-0.2, -0.15) is 17.9 Å². The van der Waals surface area contributed by atoms with Gasteiger partial charge in [-0.25, -0.2) is 8.42 Å². The molecule has 5 nitrogen and oxygen atoms in total. The Balaban J connectivity index is 2.17. The standard InChI is InChI=1S/C19H20ClF3N2O3S/c1-3-16(13-8-10-14(20)11-9-13)24-18(26)12(2)25-29(27,28)17-7-5-4-6-15(17)19(21,22)23/h4-12,16,25H,3H2,1-2H3,(H,24,26)/t12-,16?/m0/s1. The van der Waals surface area contributed by atoms with Gasteiger partial charge in [-0.15, -0.1) is 0 Å². The fourth-order valence-corrected chi connectivity index (χ4v) is 4.25. The summed E-state index contributed by atoms with van der Waals surface area (Å²) >= 11 is 5.85. The predicted molar refractivity (Wildman–Crippen MR) is 104 cm³/mol. The molecule has 2 N–H and O–H groups in total. The molecule has 2 rings (SSSR count). The van der Waals surface area contributed by atoms with Crippen molar-refractivity contribution in [3.63, 3.8) is 0 Å². The number of rotatable bonds is 7. The number of hydrogen-bond donors (Lipinski definition) is 2. The fraction of sp³-hybridized carbons (Fsp3) is 0.316. The molecule has 0 fully saturated rings. The van der Waals surface area contributed by atoms with Crippen molar-refractivity contribution in [3.05, 3.63) is 64.7 Å². The molecule has 0 aliphatic heterocycles. The van der Waals surface area contributed by atoms with Crippen molar-refractivity contribution < 1.29 is 26.4 Å². The largest absolute Gasteiger partial charge is 0.417 e. The van der Waals surface area contributed by atoms with E-state index in [9.17, 15) is 26.4 Å². The molecule has 0 heterocycles. The lowest BCUT2D eigenvalue weighted by molar-refractivity contribution is -0.139. The van der Waals surface area contributed by atoms with Crippen molar-refractivity contribution in [2.24, 2.45) is 0 Å². The molecular weight excluding hydrogens is 429 g/mol. The molecule has 10 heteroatoms. The molecule has 1 amide bonds. The van der Waals surface area contributed by atoms with Gasteiger partial charge in [0.2, 0.25) is 15.9 Å². The molecule has 0 saturated heterocycles. The minimum Gasteiger partial charge on any atom is -0.348 e. The van der Waals surface area contributed by atoms with E-state index >= 15 is 0 Å². The lowest BCUT2D eigenvalue weighted by atomic mass is 10.0. The summed E-state index contributed by atoms with van der Waals surface area (Å²) in [5.41, 5.74) is -0.532. The first-order chi connectivity index (χ1) is 13.5. The number of benzene rings is 2. The normalized spacial score (nSPS) is 14.3. The second kappa shape index (κ2) is 9.15. The van der Waals surface area contributed by atoms with E-state index in [0.29, 0.717) is 17.5 Å². The molecule has 1 unspecified atom stereocenters. The van der Waals surface area contributed by atoms with Crippen LogP contribution in [0.1, 0.15) is 37.4 Å². The van der Waals surface area contributed by atoms with Crippen molar-refractivity contribution in [3.8, 4) is 0 Å². The molecule has 0 saturated carbocycles. The first kappa shape index (κ1) is 23.2. The zero-order chi connectivity index (χ0) is 21.8. The third-order valence-electron chi connectivity index (χ3n) is 4.20. The molecule has 0 spiro atoms. The van der Waals surface area contributed by atoms with E-state index in [2.05, 4.69) is 5.32 Å². The van der Waals surface area contributed by atoms with Crippen LogP contribution in [0.4, 0.5) is 13.2 Å². The Morgan fingerprint density at radius 2 is 1.69 bits per heavy atom. The molecule has 29 heavy (non-hydrogen) atoms. The third-order valence-corrected chi connectivity index (χ3v) is 6.06. The van der Waals surface area contributed by atoms with Crippen LogP contribution < -0.4 is 10.0 Å². The van der Waals surface area contributed by atoms with Crippen LogP contribution in [0, 0.1) is 0 Å². The number of carbonyl (C=O) groups excluding carboxylic acids is 1. The minimum absolute atomic E-state index is 0.408. The van der Waals surface area contributed by atoms with Crippen molar-refractivity contribution in [2.75, 3.05) is 0 Å². The van der Waals surface area contributed by atoms with E-state index in [1.165, 1.54) is 13.0 Å². The summed E-state index contributed by atoms with van der Waals surface area (Å²) in [6.45, 7) is 3.09. The van der Waals surface area contributed by atoms with Gasteiger partial charge in [-0.3, -0.25) is 4.79 Å². The Morgan fingerprint density at radius 1 is 1.10 bits per heavy atom. The van der Waals surface area contributed by atoms with Crippen LogP contribution in [0.3, 0.4) is 0 Å². The number of hydrogen-bond acceptors (Lipinski definition) is 3. The summed E-state index contributed by atoms with van der Waals surface area (Å²) in [6.07, 6.45) is -4.33. The van der Waals surface area contributed by atoms with Crippen LogP contribution in [0.15, 0.2) is 53.4 Å². The van der Waals surface area contributed by atoms with Gasteiger partial charge in [0, 0.05) is 5.02 Å². The van der Waals surface area contributed by atoms with E-state index in [4.69, 9.17) is 11.6 Å². The maximum Gasteiger partial charge on any atom is 0.417 e.